The monoisotopic (exact) mass is 275 g/mol. The number of fused-ring (bicyclic) bond motifs is 1. The summed E-state index contributed by atoms with van der Waals surface area (Å²) in [5, 5.41) is 8.70. The Morgan fingerprint density at radius 2 is 2.15 bits per heavy atom. The molecular weight excluding hydrogens is 254 g/mol. The van der Waals surface area contributed by atoms with Crippen LogP contribution in [0.3, 0.4) is 0 Å². The molecule has 1 heterocycles. The summed E-state index contributed by atoms with van der Waals surface area (Å²) in [6, 6.07) is 7.97. The minimum absolute atomic E-state index is 0.227. The number of hydrogen-bond acceptors (Lipinski definition) is 4. The Labute approximate surface area is 118 Å². The number of benzene rings is 1. The lowest BCUT2D eigenvalue weighted by atomic mass is 10.2. The van der Waals surface area contributed by atoms with Crippen LogP contribution in [0.1, 0.15) is 20.3 Å². The van der Waals surface area contributed by atoms with Gasteiger partial charge in [-0.15, -0.1) is 0 Å². The Morgan fingerprint density at radius 3 is 2.85 bits per heavy atom. The van der Waals surface area contributed by atoms with Gasteiger partial charge in [0.2, 0.25) is 0 Å². The van der Waals surface area contributed by atoms with Gasteiger partial charge in [0.05, 0.1) is 18.8 Å². The molecule has 2 rings (SSSR count). The first-order valence-electron chi connectivity index (χ1n) is 6.86. The first-order chi connectivity index (χ1) is 9.61. The van der Waals surface area contributed by atoms with Crippen LogP contribution in [-0.4, -0.2) is 34.9 Å². The van der Waals surface area contributed by atoms with Crippen molar-refractivity contribution in [2.75, 3.05) is 7.11 Å². The quantitative estimate of drug-likeness (QED) is 0.819. The molecule has 0 aliphatic heterocycles. The van der Waals surface area contributed by atoms with Gasteiger partial charge < -0.3 is 10.1 Å². The number of rotatable bonds is 6. The second-order valence-corrected chi connectivity index (χ2v) is 5.11. The van der Waals surface area contributed by atoms with Gasteiger partial charge in [-0.2, -0.15) is 5.10 Å². The highest BCUT2D eigenvalue weighted by Gasteiger charge is 2.19. The summed E-state index contributed by atoms with van der Waals surface area (Å²) in [5.74, 6) is -0.227. The lowest BCUT2D eigenvalue weighted by molar-refractivity contribution is -0.143. The van der Waals surface area contributed by atoms with E-state index >= 15 is 0 Å². The third-order valence-electron chi connectivity index (χ3n) is 3.20. The van der Waals surface area contributed by atoms with Gasteiger partial charge in [0.25, 0.3) is 0 Å². The molecule has 20 heavy (non-hydrogen) atoms. The molecule has 0 saturated carbocycles. The zero-order chi connectivity index (χ0) is 14.5. The fraction of sp³-hybridized carbons (Fsp3) is 0.467. The van der Waals surface area contributed by atoms with Crippen LogP contribution >= 0.6 is 0 Å². The smallest absolute Gasteiger partial charge is 0.322 e. The number of hydrogen-bond donors (Lipinski definition) is 1. The fourth-order valence-electron chi connectivity index (χ4n) is 2.27. The van der Waals surface area contributed by atoms with Crippen molar-refractivity contribution in [3.8, 4) is 0 Å². The normalized spacial score (nSPS) is 12.8. The zero-order valence-corrected chi connectivity index (χ0v) is 12.2. The highest BCUT2D eigenvalue weighted by Crippen LogP contribution is 2.13. The van der Waals surface area contributed by atoms with E-state index < -0.39 is 0 Å². The first kappa shape index (κ1) is 14.5. The van der Waals surface area contributed by atoms with Gasteiger partial charge in [-0.1, -0.05) is 32.0 Å². The Morgan fingerprint density at radius 1 is 1.40 bits per heavy atom. The number of aryl methyl sites for hydroxylation is 1. The summed E-state index contributed by atoms with van der Waals surface area (Å²) >= 11 is 0. The van der Waals surface area contributed by atoms with E-state index in [1.54, 1.807) is 0 Å². The minimum Gasteiger partial charge on any atom is -0.468 e. The van der Waals surface area contributed by atoms with Crippen LogP contribution in [0.4, 0.5) is 0 Å². The molecule has 5 nitrogen and oxygen atoms in total. The predicted octanol–water partition coefficient (Wildman–Crippen LogP) is 1.97. The maximum Gasteiger partial charge on any atom is 0.322 e. The number of aromatic nitrogens is 2. The third-order valence-corrected chi connectivity index (χ3v) is 3.20. The number of nitrogens with one attached hydrogen (secondary N) is 1. The van der Waals surface area contributed by atoms with Crippen molar-refractivity contribution in [2.45, 2.75) is 38.9 Å². The van der Waals surface area contributed by atoms with Gasteiger partial charge in [-0.25, -0.2) is 0 Å². The molecule has 1 atom stereocenters. The lowest BCUT2D eigenvalue weighted by Gasteiger charge is -2.19. The molecule has 0 fully saturated rings. The topological polar surface area (TPSA) is 56.2 Å². The van der Waals surface area contributed by atoms with Gasteiger partial charge in [0, 0.05) is 18.0 Å². The second kappa shape index (κ2) is 6.52. The van der Waals surface area contributed by atoms with E-state index in [2.05, 4.69) is 10.4 Å². The second-order valence-electron chi connectivity index (χ2n) is 5.11. The van der Waals surface area contributed by atoms with Crippen LogP contribution in [0.5, 0.6) is 0 Å². The largest absolute Gasteiger partial charge is 0.468 e. The number of carbonyl (C=O) groups is 1. The molecule has 0 radical (unpaired) electrons. The molecule has 0 saturated heterocycles. The van der Waals surface area contributed by atoms with Crippen LogP contribution in [0.15, 0.2) is 30.5 Å². The average molecular weight is 275 g/mol. The van der Waals surface area contributed by atoms with Gasteiger partial charge >= 0.3 is 5.97 Å². The van der Waals surface area contributed by atoms with E-state index in [9.17, 15) is 4.79 Å². The van der Waals surface area contributed by atoms with Crippen molar-refractivity contribution in [3.63, 3.8) is 0 Å². The van der Waals surface area contributed by atoms with E-state index in [1.165, 1.54) is 7.11 Å². The lowest BCUT2D eigenvalue weighted by Crippen LogP contribution is -2.42. The molecule has 1 aromatic carbocycles. The van der Waals surface area contributed by atoms with Crippen molar-refractivity contribution in [3.05, 3.63) is 30.5 Å². The number of methoxy groups -OCH3 is 1. The maximum absolute atomic E-state index is 11.8. The molecule has 0 spiro atoms. The van der Waals surface area contributed by atoms with Crippen LogP contribution in [0.2, 0.25) is 0 Å². The van der Waals surface area contributed by atoms with Crippen molar-refractivity contribution in [2.24, 2.45) is 0 Å². The van der Waals surface area contributed by atoms with Crippen LogP contribution < -0.4 is 5.32 Å². The van der Waals surface area contributed by atoms with E-state index in [-0.39, 0.29) is 18.1 Å². The summed E-state index contributed by atoms with van der Waals surface area (Å²) in [5.41, 5.74) is 1.08. The maximum atomic E-state index is 11.8. The molecule has 0 amide bonds. The summed E-state index contributed by atoms with van der Waals surface area (Å²) in [7, 11) is 1.42. The highest BCUT2D eigenvalue weighted by atomic mass is 16.5. The average Bonchev–Trinajstić information content (AvgIpc) is 2.85. The molecule has 2 aromatic rings. The van der Waals surface area contributed by atoms with Crippen LogP contribution in [0, 0.1) is 0 Å². The fourth-order valence-corrected chi connectivity index (χ4v) is 2.27. The molecule has 108 valence electrons. The van der Waals surface area contributed by atoms with Crippen molar-refractivity contribution in [1.82, 2.24) is 15.1 Å². The summed E-state index contributed by atoms with van der Waals surface area (Å²) in [4.78, 5) is 11.8. The first-order valence-corrected chi connectivity index (χ1v) is 6.86. The highest BCUT2D eigenvalue weighted by molar-refractivity contribution is 5.78. The van der Waals surface area contributed by atoms with Gasteiger partial charge in [0.1, 0.15) is 6.04 Å². The van der Waals surface area contributed by atoms with E-state index in [0.29, 0.717) is 13.0 Å². The standard InChI is InChI=1S/C15H21N3O2/c1-11(2)17-13(15(19)20-3)8-9-18-14-7-5-4-6-12(14)10-16-18/h4-7,10-11,13,17H,8-9H2,1-3H3. The van der Waals surface area contributed by atoms with Crippen molar-refractivity contribution in [1.29, 1.82) is 0 Å². The number of ether oxygens (including phenoxy) is 1. The van der Waals surface area contributed by atoms with Gasteiger partial charge in [-0.05, 0) is 12.5 Å². The summed E-state index contributed by atoms with van der Waals surface area (Å²) in [6.07, 6.45) is 2.49. The third kappa shape index (κ3) is 3.36. The molecular formula is C15H21N3O2. The van der Waals surface area contributed by atoms with Crippen LogP contribution in [-0.2, 0) is 16.1 Å². The minimum atomic E-state index is -0.303. The Balaban J connectivity index is 2.06. The predicted molar refractivity (Wildman–Crippen MR) is 78.4 cm³/mol. The molecule has 1 unspecified atom stereocenters. The number of carbonyl (C=O) groups excluding carboxylic acids is 1. The van der Waals surface area contributed by atoms with Crippen LogP contribution in [0.25, 0.3) is 10.9 Å². The zero-order valence-electron chi connectivity index (χ0n) is 12.2. The molecule has 5 heteroatoms. The Kier molecular flexibility index (Phi) is 4.74. The Hall–Kier alpha value is -1.88. The van der Waals surface area contributed by atoms with Crippen molar-refractivity contribution < 1.29 is 9.53 Å². The molecule has 0 aliphatic carbocycles. The number of nitrogens with zero attached hydrogens (tertiary/aromatic N) is 2. The summed E-state index contributed by atoms with van der Waals surface area (Å²) < 4.78 is 6.76. The molecule has 0 bridgehead atoms. The number of esters is 1. The van der Waals surface area contributed by atoms with E-state index in [0.717, 1.165) is 10.9 Å². The van der Waals surface area contributed by atoms with E-state index in [4.69, 9.17) is 4.74 Å². The van der Waals surface area contributed by atoms with Gasteiger partial charge in [-0.3, -0.25) is 9.48 Å². The van der Waals surface area contributed by atoms with Gasteiger partial charge in [0.15, 0.2) is 0 Å². The molecule has 1 N–H and O–H groups in total. The summed E-state index contributed by atoms with van der Waals surface area (Å²) in [6.45, 7) is 4.70. The molecule has 1 aromatic heterocycles. The number of para-hydroxylation sites is 1. The Bertz CT molecular complexity index is 577. The van der Waals surface area contributed by atoms with E-state index in [1.807, 2.05) is 49.0 Å². The SMILES string of the molecule is COC(=O)C(CCn1ncc2ccccc21)NC(C)C. The molecule has 0 aliphatic rings. The van der Waals surface area contributed by atoms with Crippen molar-refractivity contribution >= 4 is 16.9 Å².